The van der Waals surface area contributed by atoms with Crippen molar-refractivity contribution >= 4 is 23.4 Å². The Morgan fingerprint density at radius 1 is 1.08 bits per heavy atom. The Hall–Kier alpha value is -3.15. The molecule has 3 rings (SSSR count). The Balaban J connectivity index is 1.60. The van der Waals surface area contributed by atoms with Crippen molar-refractivity contribution < 1.29 is 9.72 Å². The van der Waals surface area contributed by atoms with E-state index < -0.39 is 0 Å². The molecule has 1 amide bonds. The van der Waals surface area contributed by atoms with Crippen LogP contribution in [0.4, 0.5) is 11.4 Å². The van der Waals surface area contributed by atoms with Crippen molar-refractivity contribution in [1.29, 1.82) is 0 Å². The molecule has 0 N–H and O–H groups in total. The molecule has 1 aliphatic rings. The van der Waals surface area contributed by atoms with Gasteiger partial charge in [0.25, 0.3) is 5.69 Å². The fourth-order valence-corrected chi connectivity index (χ4v) is 3.11. The number of benzene rings is 2. The van der Waals surface area contributed by atoms with Crippen LogP contribution in [0, 0.1) is 17.0 Å². The van der Waals surface area contributed by atoms with E-state index in [0.717, 1.165) is 16.8 Å². The zero-order valence-corrected chi connectivity index (χ0v) is 14.7. The molecule has 0 aliphatic carbocycles. The van der Waals surface area contributed by atoms with Crippen LogP contribution < -0.4 is 4.90 Å². The molecule has 1 saturated heterocycles. The minimum atomic E-state index is -0.382. The smallest absolute Gasteiger partial charge is 0.269 e. The number of piperazine rings is 1. The van der Waals surface area contributed by atoms with E-state index in [1.807, 2.05) is 48.2 Å². The molecular formula is C20H21N3O3. The van der Waals surface area contributed by atoms with E-state index in [9.17, 15) is 14.9 Å². The largest absolute Gasteiger partial charge is 0.368 e. The molecular weight excluding hydrogens is 330 g/mol. The summed E-state index contributed by atoms with van der Waals surface area (Å²) >= 11 is 0. The number of hydrogen-bond acceptors (Lipinski definition) is 4. The maximum atomic E-state index is 12.3. The first kappa shape index (κ1) is 17.7. The summed E-state index contributed by atoms with van der Waals surface area (Å²) in [6.07, 6.45) is 3.44. The summed E-state index contributed by atoms with van der Waals surface area (Å²) in [5.41, 5.74) is 2.97. The number of nitro benzene ring substituents is 1. The van der Waals surface area contributed by atoms with Gasteiger partial charge < -0.3 is 9.80 Å². The van der Waals surface area contributed by atoms with Gasteiger partial charge in [-0.2, -0.15) is 0 Å². The third-order valence-corrected chi connectivity index (χ3v) is 4.54. The second-order valence-corrected chi connectivity index (χ2v) is 6.28. The summed E-state index contributed by atoms with van der Waals surface area (Å²) in [5, 5.41) is 10.9. The van der Waals surface area contributed by atoms with Crippen molar-refractivity contribution in [1.82, 2.24) is 4.90 Å². The summed E-state index contributed by atoms with van der Waals surface area (Å²) in [5.74, 6) is 0.00826. The van der Waals surface area contributed by atoms with Crippen molar-refractivity contribution in [2.75, 3.05) is 31.1 Å². The highest BCUT2D eigenvalue weighted by Gasteiger charge is 2.21. The number of rotatable bonds is 4. The summed E-state index contributed by atoms with van der Waals surface area (Å²) in [4.78, 5) is 26.8. The van der Waals surface area contributed by atoms with Crippen LogP contribution in [-0.4, -0.2) is 41.9 Å². The van der Waals surface area contributed by atoms with E-state index in [2.05, 4.69) is 4.90 Å². The number of nitro groups is 1. The van der Waals surface area contributed by atoms with Gasteiger partial charge in [-0.05, 0) is 30.2 Å². The average molecular weight is 351 g/mol. The summed E-state index contributed by atoms with van der Waals surface area (Å²) < 4.78 is 0. The molecule has 0 saturated carbocycles. The van der Waals surface area contributed by atoms with E-state index in [1.54, 1.807) is 18.2 Å². The van der Waals surface area contributed by atoms with Crippen molar-refractivity contribution in [3.8, 4) is 0 Å². The molecule has 134 valence electrons. The lowest BCUT2D eigenvalue weighted by Crippen LogP contribution is -2.48. The molecule has 1 heterocycles. The molecule has 0 atom stereocenters. The molecule has 1 aliphatic heterocycles. The van der Waals surface area contributed by atoms with Crippen molar-refractivity contribution in [3.05, 3.63) is 75.8 Å². The number of nitrogens with zero attached hydrogens (tertiary/aromatic N) is 3. The summed E-state index contributed by atoms with van der Waals surface area (Å²) in [7, 11) is 0. The minimum absolute atomic E-state index is 0.00826. The zero-order valence-electron chi connectivity index (χ0n) is 14.7. The van der Waals surface area contributed by atoms with E-state index in [0.29, 0.717) is 26.2 Å². The van der Waals surface area contributed by atoms with Gasteiger partial charge in [-0.15, -0.1) is 0 Å². The Labute approximate surface area is 152 Å². The minimum Gasteiger partial charge on any atom is -0.368 e. The molecule has 0 spiro atoms. The van der Waals surface area contributed by atoms with Crippen LogP contribution in [0.5, 0.6) is 0 Å². The number of hydrogen-bond donors (Lipinski definition) is 0. The van der Waals surface area contributed by atoms with Gasteiger partial charge in [0.2, 0.25) is 5.91 Å². The topological polar surface area (TPSA) is 66.7 Å². The number of amides is 1. The SMILES string of the molecule is Cc1cc([N+](=O)[O-])ccc1N1CCN(C(=O)/C=C/c2ccccc2)CC1. The molecule has 0 bridgehead atoms. The molecule has 0 aromatic heterocycles. The number of carbonyl (C=O) groups is 1. The standard InChI is InChI=1S/C20H21N3O3/c1-16-15-18(23(25)26)8-9-19(16)21-11-13-22(14-12-21)20(24)10-7-17-5-3-2-4-6-17/h2-10,15H,11-14H2,1H3/b10-7+. The van der Waals surface area contributed by atoms with Crippen LogP contribution in [0.3, 0.4) is 0 Å². The lowest BCUT2D eigenvalue weighted by molar-refractivity contribution is -0.384. The van der Waals surface area contributed by atoms with Crippen LogP contribution in [0.2, 0.25) is 0 Å². The number of non-ortho nitro benzene ring substituents is 1. The van der Waals surface area contributed by atoms with Gasteiger partial charge in [0.1, 0.15) is 0 Å². The fraction of sp³-hybridized carbons (Fsp3) is 0.250. The van der Waals surface area contributed by atoms with E-state index in [1.165, 1.54) is 6.07 Å². The predicted molar refractivity (Wildman–Crippen MR) is 102 cm³/mol. The third kappa shape index (κ3) is 4.08. The van der Waals surface area contributed by atoms with Crippen molar-refractivity contribution in [2.45, 2.75) is 6.92 Å². The van der Waals surface area contributed by atoms with Gasteiger partial charge >= 0.3 is 0 Å². The first-order valence-electron chi connectivity index (χ1n) is 8.56. The van der Waals surface area contributed by atoms with Gasteiger partial charge in [-0.3, -0.25) is 14.9 Å². The fourth-order valence-electron chi connectivity index (χ4n) is 3.11. The Bertz CT molecular complexity index is 825. The summed E-state index contributed by atoms with van der Waals surface area (Å²) in [6.45, 7) is 4.57. The molecule has 6 heteroatoms. The lowest BCUT2D eigenvalue weighted by Gasteiger charge is -2.36. The molecule has 2 aromatic carbocycles. The molecule has 26 heavy (non-hydrogen) atoms. The van der Waals surface area contributed by atoms with Gasteiger partial charge in [0.05, 0.1) is 4.92 Å². The average Bonchev–Trinajstić information content (AvgIpc) is 2.67. The van der Waals surface area contributed by atoms with Gasteiger partial charge in [0, 0.05) is 50.1 Å². The van der Waals surface area contributed by atoms with Crippen molar-refractivity contribution in [2.24, 2.45) is 0 Å². The number of aryl methyl sites for hydroxylation is 1. The molecule has 0 unspecified atom stereocenters. The first-order chi connectivity index (χ1) is 12.5. The molecule has 0 radical (unpaired) electrons. The predicted octanol–water partition coefficient (Wildman–Crippen LogP) is 3.27. The van der Waals surface area contributed by atoms with Crippen LogP contribution in [0.25, 0.3) is 6.08 Å². The van der Waals surface area contributed by atoms with E-state index >= 15 is 0 Å². The molecule has 2 aromatic rings. The third-order valence-electron chi connectivity index (χ3n) is 4.54. The van der Waals surface area contributed by atoms with Crippen LogP contribution >= 0.6 is 0 Å². The number of anilines is 1. The van der Waals surface area contributed by atoms with E-state index in [-0.39, 0.29) is 16.5 Å². The quantitative estimate of drug-likeness (QED) is 0.482. The van der Waals surface area contributed by atoms with Gasteiger partial charge in [-0.1, -0.05) is 30.3 Å². The zero-order chi connectivity index (χ0) is 18.5. The first-order valence-corrected chi connectivity index (χ1v) is 8.56. The Kier molecular flexibility index (Phi) is 5.31. The Morgan fingerprint density at radius 2 is 1.77 bits per heavy atom. The normalized spacial score (nSPS) is 14.7. The van der Waals surface area contributed by atoms with Crippen molar-refractivity contribution in [3.63, 3.8) is 0 Å². The second kappa shape index (κ2) is 7.82. The maximum Gasteiger partial charge on any atom is 0.269 e. The molecule has 1 fully saturated rings. The van der Waals surface area contributed by atoms with E-state index in [4.69, 9.17) is 0 Å². The summed E-state index contributed by atoms with van der Waals surface area (Å²) in [6, 6.07) is 14.7. The highest BCUT2D eigenvalue weighted by Crippen LogP contribution is 2.25. The second-order valence-electron chi connectivity index (χ2n) is 6.28. The number of carbonyl (C=O) groups excluding carboxylic acids is 1. The molecule has 6 nitrogen and oxygen atoms in total. The Morgan fingerprint density at radius 3 is 2.38 bits per heavy atom. The monoisotopic (exact) mass is 351 g/mol. The van der Waals surface area contributed by atoms with Crippen LogP contribution in [-0.2, 0) is 4.79 Å². The highest BCUT2D eigenvalue weighted by molar-refractivity contribution is 5.92. The van der Waals surface area contributed by atoms with Crippen LogP contribution in [0.15, 0.2) is 54.6 Å². The van der Waals surface area contributed by atoms with Crippen LogP contribution in [0.1, 0.15) is 11.1 Å². The lowest BCUT2D eigenvalue weighted by atomic mass is 10.1. The van der Waals surface area contributed by atoms with Gasteiger partial charge in [-0.25, -0.2) is 0 Å². The van der Waals surface area contributed by atoms with Gasteiger partial charge in [0.15, 0.2) is 0 Å². The maximum absolute atomic E-state index is 12.3. The highest BCUT2D eigenvalue weighted by atomic mass is 16.6.